The van der Waals surface area contributed by atoms with E-state index in [0.29, 0.717) is 24.6 Å². The van der Waals surface area contributed by atoms with Gasteiger partial charge in [0.1, 0.15) is 5.82 Å². The SMILES string of the molecule is NCC1(c2cc(F)cc(F)c2OCC2CC2)CCCCC1. The molecule has 0 aliphatic heterocycles. The van der Waals surface area contributed by atoms with Gasteiger partial charge in [-0.2, -0.15) is 0 Å². The van der Waals surface area contributed by atoms with Crippen molar-refractivity contribution in [1.29, 1.82) is 0 Å². The Kier molecular flexibility index (Phi) is 4.16. The zero-order chi connectivity index (χ0) is 14.9. The first-order chi connectivity index (χ1) is 10.1. The van der Waals surface area contributed by atoms with E-state index in [4.69, 9.17) is 10.5 Å². The molecule has 0 atom stereocenters. The fourth-order valence-corrected chi connectivity index (χ4v) is 3.40. The highest BCUT2D eigenvalue weighted by molar-refractivity contribution is 5.42. The van der Waals surface area contributed by atoms with Crippen molar-refractivity contribution in [3.05, 3.63) is 29.3 Å². The summed E-state index contributed by atoms with van der Waals surface area (Å²) >= 11 is 0. The fraction of sp³-hybridized carbons (Fsp3) is 0.647. The fourth-order valence-electron chi connectivity index (χ4n) is 3.40. The van der Waals surface area contributed by atoms with Crippen LogP contribution in [0.4, 0.5) is 8.78 Å². The van der Waals surface area contributed by atoms with Crippen LogP contribution in [0.2, 0.25) is 0 Å². The van der Waals surface area contributed by atoms with Gasteiger partial charge in [0.05, 0.1) is 6.61 Å². The maximum Gasteiger partial charge on any atom is 0.168 e. The smallest absolute Gasteiger partial charge is 0.168 e. The van der Waals surface area contributed by atoms with Crippen LogP contribution in [0.5, 0.6) is 5.75 Å². The molecule has 0 amide bonds. The van der Waals surface area contributed by atoms with Crippen LogP contribution in [-0.4, -0.2) is 13.2 Å². The van der Waals surface area contributed by atoms with Gasteiger partial charge in [-0.3, -0.25) is 0 Å². The van der Waals surface area contributed by atoms with E-state index < -0.39 is 11.6 Å². The van der Waals surface area contributed by atoms with E-state index in [0.717, 1.165) is 51.0 Å². The van der Waals surface area contributed by atoms with Crippen molar-refractivity contribution >= 4 is 0 Å². The molecule has 116 valence electrons. The predicted molar refractivity (Wildman–Crippen MR) is 78.4 cm³/mol. The minimum Gasteiger partial charge on any atom is -0.490 e. The van der Waals surface area contributed by atoms with E-state index >= 15 is 0 Å². The summed E-state index contributed by atoms with van der Waals surface area (Å²) in [7, 11) is 0. The molecule has 0 spiro atoms. The third kappa shape index (κ3) is 3.05. The molecule has 2 aliphatic carbocycles. The molecule has 2 N–H and O–H groups in total. The van der Waals surface area contributed by atoms with Gasteiger partial charge in [0.15, 0.2) is 11.6 Å². The number of hydrogen-bond donors (Lipinski definition) is 1. The number of benzene rings is 1. The highest BCUT2D eigenvalue weighted by atomic mass is 19.1. The zero-order valence-electron chi connectivity index (χ0n) is 12.3. The molecular weight excluding hydrogens is 272 g/mol. The van der Waals surface area contributed by atoms with E-state index in [-0.39, 0.29) is 11.2 Å². The summed E-state index contributed by atoms with van der Waals surface area (Å²) in [5.41, 5.74) is 6.32. The molecule has 0 radical (unpaired) electrons. The predicted octanol–water partition coefficient (Wildman–Crippen LogP) is 3.91. The molecule has 2 nitrogen and oxygen atoms in total. The highest BCUT2D eigenvalue weighted by Crippen LogP contribution is 2.44. The maximum absolute atomic E-state index is 14.2. The van der Waals surface area contributed by atoms with E-state index in [1.165, 1.54) is 6.07 Å². The first-order valence-corrected chi connectivity index (χ1v) is 7.97. The third-order valence-electron chi connectivity index (χ3n) is 4.94. The van der Waals surface area contributed by atoms with Gasteiger partial charge in [0.2, 0.25) is 0 Å². The molecule has 21 heavy (non-hydrogen) atoms. The molecule has 2 fully saturated rings. The third-order valence-corrected chi connectivity index (χ3v) is 4.94. The molecule has 0 saturated heterocycles. The van der Waals surface area contributed by atoms with Crippen LogP contribution in [0.25, 0.3) is 0 Å². The van der Waals surface area contributed by atoms with E-state index in [1.807, 2.05) is 0 Å². The molecule has 1 aromatic rings. The van der Waals surface area contributed by atoms with Crippen molar-refractivity contribution in [1.82, 2.24) is 0 Å². The summed E-state index contributed by atoms with van der Waals surface area (Å²) in [6.07, 6.45) is 7.31. The van der Waals surface area contributed by atoms with Crippen LogP contribution in [0.1, 0.15) is 50.5 Å². The summed E-state index contributed by atoms with van der Waals surface area (Å²) < 4.78 is 33.7. The second kappa shape index (κ2) is 5.91. The first kappa shape index (κ1) is 14.8. The number of nitrogens with two attached hydrogens (primary N) is 1. The second-order valence-electron chi connectivity index (χ2n) is 6.56. The minimum atomic E-state index is -0.593. The van der Waals surface area contributed by atoms with Gasteiger partial charge in [0, 0.05) is 23.6 Å². The highest BCUT2D eigenvalue weighted by Gasteiger charge is 2.37. The van der Waals surface area contributed by atoms with Crippen molar-refractivity contribution in [2.24, 2.45) is 11.7 Å². The van der Waals surface area contributed by atoms with E-state index in [1.54, 1.807) is 0 Å². The van der Waals surface area contributed by atoms with Crippen LogP contribution in [0.15, 0.2) is 12.1 Å². The van der Waals surface area contributed by atoms with Gasteiger partial charge < -0.3 is 10.5 Å². The molecule has 3 rings (SSSR count). The average molecular weight is 295 g/mol. The Morgan fingerprint density at radius 2 is 1.86 bits per heavy atom. The van der Waals surface area contributed by atoms with Crippen molar-refractivity contribution in [2.75, 3.05) is 13.2 Å². The standard InChI is InChI=1S/C17H23F2NO/c18-13-8-14(17(11-20)6-2-1-3-7-17)16(15(19)9-13)21-10-12-4-5-12/h8-9,12H,1-7,10-11,20H2. The van der Waals surface area contributed by atoms with Gasteiger partial charge in [0.25, 0.3) is 0 Å². The molecule has 0 aromatic heterocycles. The van der Waals surface area contributed by atoms with E-state index in [2.05, 4.69) is 0 Å². The lowest BCUT2D eigenvalue weighted by Crippen LogP contribution is -2.38. The van der Waals surface area contributed by atoms with Gasteiger partial charge in [-0.05, 0) is 37.7 Å². The summed E-state index contributed by atoms with van der Waals surface area (Å²) in [5, 5.41) is 0. The van der Waals surface area contributed by atoms with Crippen molar-refractivity contribution in [3.8, 4) is 5.75 Å². The van der Waals surface area contributed by atoms with E-state index in [9.17, 15) is 8.78 Å². The molecule has 0 bridgehead atoms. The molecular formula is C17H23F2NO. The summed E-state index contributed by atoms with van der Waals surface area (Å²) in [4.78, 5) is 0. The first-order valence-electron chi connectivity index (χ1n) is 7.97. The van der Waals surface area contributed by atoms with Gasteiger partial charge >= 0.3 is 0 Å². The molecule has 0 heterocycles. The summed E-state index contributed by atoms with van der Waals surface area (Å²) in [6.45, 7) is 0.936. The van der Waals surface area contributed by atoms with Crippen LogP contribution in [0, 0.1) is 17.6 Å². The lowest BCUT2D eigenvalue weighted by molar-refractivity contribution is 0.251. The largest absolute Gasteiger partial charge is 0.490 e. The summed E-state index contributed by atoms with van der Waals surface area (Å²) in [6, 6.07) is 2.35. The Hall–Kier alpha value is -1.16. The van der Waals surface area contributed by atoms with Gasteiger partial charge in [-0.15, -0.1) is 0 Å². The lowest BCUT2D eigenvalue weighted by Gasteiger charge is -2.37. The maximum atomic E-state index is 14.2. The Morgan fingerprint density at radius 3 is 2.48 bits per heavy atom. The van der Waals surface area contributed by atoms with Crippen molar-refractivity contribution in [3.63, 3.8) is 0 Å². The normalized spacial score (nSPS) is 21.3. The monoisotopic (exact) mass is 295 g/mol. The second-order valence-corrected chi connectivity index (χ2v) is 6.56. The van der Waals surface area contributed by atoms with Crippen LogP contribution >= 0.6 is 0 Å². The minimum absolute atomic E-state index is 0.232. The number of halogens is 2. The van der Waals surface area contributed by atoms with Crippen molar-refractivity contribution in [2.45, 2.75) is 50.4 Å². The molecule has 1 aromatic carbocycles. The molecule has 4 heteroatoms. The number of hydrogen-bond acceptors (Lipinski definition) is 2. The Morgan fingerprint density at radius 1 is 1.14 bits per heavy atom. The molecule has 2 saturated carbocycles. The van der Waals surface area contributed by atoms with Gasteiger partial charge in [-0.1, -0.05) is 19.3 Å². The summed E-state index contributed by atoms with van der Waals surface area (Å²) in [5.74, 6) is -0.373. The number of rotatable bonds is 5. The van der Waals surface area contributed by atoms with Crippen molar-refractivity contribution < 1.29 is 13.5 Å². The Bertz CT molecular complexity index is 508. The molecule has 0 unspecified atom stereocenters. The molecule has 2 aliphatic rings. The van der Waals surface area contributed by atoms with Gasteiger partial charge in [-0.25, -0.2) is 8.78 Å². The Balaban J connectivity index is 1.96. The van der Waals surface area contributed by atoms with Crippen LogP contribution < -0.4 is 10.5 Å². The zero-order valence-corrected chi connectivity index (χ0v) is 12.3. The number of ether oxygens (including phenoxy) is 1. The Labute approximate surface area is 124 Å². The van der Waals surface area contributed by atoms with Crippen LogP contribution in [-0.2, 0) is 5.41 Å². The lowest BCUT2D eigenvalue weighted by atomic mass is 9.69. The average Bonchev–Trinajstić information content (AvgIpc) is 3.30. The quantitative estimate of drug-likeness (QED) is 0.893. The topological polar surface area (TPSA) is 35.2 Å². The van der Waals surface area contributed by atoms with Crippen LogP contribution in [0.3, 0.4) is 0 Å².